The Morgan fingerprint density at radius 3 is 2.10 bits per heavy atom. The Labute approximate surface area is 128 Å². The highest BCUT2D eigenvalue weighted by atomic mass is 16.1. The minimum absolute atomic E-state index is 0.132. The highest BCUT2D eigenvalue weighted by Crippen LogP contribution is 2.27. The van der Waals surface area contributed by atoms with Crippen molar-refractivity contribution >= 4 is 5.78 Å². The van der Waals surface area contributed by atoms with Gasteiger partial charge < -0.3 is 0 Å². The van der Waals surface area contributed by atoms with Crippen LogP contribution in [0.2, 0.25) is 0 Å². The third-order valence-electron chi connectivity index (χ3n) is 4.00. The quantitative estimate of drug-likeness (QED) is 0.678. The summed E-state index contributed by atoms with van der Waals surface area (Å²) in [4.78, 5) is 12.9. The SMILES string of the molecule is Cc1ccccc1C(=O)c1ccc(C(C)C)cc1C(C)C. The molecule has 0 bridgehead atoms. The lowest BCUT2D eigenvalue weighted by Gasteiger charge is -2.16. The van der Waals surface area contributed by atoms with E-state index >= 15 is 0 Å². The number of ketones is 1. The van der Waals surface area contributed by atoms with Gasteiger partial charge in [0.25, 0.3) is 0 Å². The Kier molecular flexibility index (Phi) is 4.62. The molecule has 0 saturated heterocycles. The summed E-state index contributed by atoms with van der Waals surface area (Å²) in [7, 11) is 0. The summed E-state index contributed by atoms with van der Waals surface area (Å²) in [6, 6.07) is 14.1. The molecule has 0 atom stereocenters. The van der Waals surface area contributed by atoms with Crippen molar-refractivity contribution in [3.8, 4) is 0 Å². The van der Waals surface area contributed by atoms with Crippen LogP contribution in [0, 0.1) is 6.92 Å². The van der Waals surface area contributed by atoms with Crippen LogP contribution >= 0.6 is 0 Å². The fraction of sp³-hybridized carbons (Fsp3) is 0.350. The van der Waals surface area contributed by atoms with Gasteiger partial charge >= 0.3 is 0 Å². The number of aryl methyl sites for hydroxylation is 1. The van der Waals surface area contributed by atoms with Gasteiger partial charge in [0, 0.05) is 11.1 Å². The zero-order chi connectivity index (χ0) is 15.6. The Balaban J connectivity index is 2.53. The number of hydrogen-bond acceptors (Lipinski definition) is 1. The molecule has 0 radical (unpaired) electrons. The van der Waals surface area contributed by atoms with Gasteiger partial charge in [-0.3, -0.25) is 4.79 Å². The van der Waals surface area contributed by atoms with Crippen LogP contribution in [-0.2, 0) is 0 Å². The number of hydrogen-bond donors (Lipinski definition) is 0. The first-order valence-electron chi connectivity index (χ1n) is 7.66. The molecule has 110 valence electrons. The highest BCUT2D eigenvalue weighted by molar-refractivity contribution is 6.10. The van der Waals surface area contributed by atoms with E-state index in [-0.39, 0.29) is 5.78 Å². The lowest BCUT2D eigenvalue weighted by Crippen LogP contribution is -2.09. The van der Waals surface area contributed by atoms with Gasteiger partial charge in [-0.05, 0) is 35.4 Å². The largest absolute Gasteiger partial charge is 0.289 e. The van der Waals surface area contributed by atoms with E-state index in [1.165, 1.54) is 5.56 Å². The van der Waals surface area contributed by atoms with E-state index in [1.54, 1.807) is 0 Å². The van der Waals surface area contributed by atoms with E-state index < -0.39 is 0 Å². The lowest BCUT2D eigenvalue weighted by atomic mass is 9.87. The average molecular weight is 280 g/mol. The van der Waals surface area contributed by atoms with Crippen LogP contribution in [0.5, 0.6) is 0 Å². The smallest absolute Gasteiger partial charge is 0.193 e. The van der Waals surface area contributed by atoms with E-state index in [9.17, 15) is 4.79 Å². The van der Waals surface area contributed by atoms with Gasteiger partial charge in [-0.15, -0.1) is 0 Å². The molecular weight excluding hydrogens is 256 g/mol. The first-order chi connectivity index (χ1) is 9.91. The normalized spacial score (nSPS) is 11.2. The molecule has 0 N–H and O–H groups in total. The van der Waals surface area contributed by atoms with E-state index in [0.29, 0.717) is 11.8 Å². The van der Waals surface area contributed by atoms with Crippen LogP contribution < -0.4 is 0 Å². The van der Waals surface area contributed by atoms with Gasteiger partial charge in [0.2, 0.25) is 0 Å². The Hall–Kier alpha value is -1.89. The van der Waals surface area contributed by atoms with Gasteiger partial charge in [-0.25, -0.2) is 0 Å². The molecule has 0 heterocycles. The maximum absolute atomic E-state index is 12.9. The van der Waals surface area contributed by atoms with Gasteiger partial charge in [-0.1, -0.05) is 70.2 Å². The molecule has 1 heteroatoms. The first kappa shape index (κ1) is 15.5. The molecule has 0 amide bonds. The number of benzene rings is 2. The zero-order valence-electron chi connectivity index (χ0n) is 13.6. The van der Waals surface area contributed by atoms with Gasteiger partial charge in [0.1, 0.15) is 0 Å². The Morgan fingerprint density at radius 2 is 1.52 bits per heavy atom. The summed E-state index contributed by atoms with van der Waals surface area (Å²) in [5.74, 6) is 0.948. The predicted molar refractivity (Wildman–Crippen MR) is 89.2 cm³/mol. The lowest BCUT2D eigenvalue weighted by molar-refractivity contribution is 0.103. The third kappa shape index (κ3) is 3.24. The molecule has 0 aromatic heterocycles. The van der Waals surface area contributed by atoms with Crippen molar-refractivity contribution in [3.63, 3.8) is 0 Å². The molecule has 2 rings (SSSR count). The van der Waals surface area contributed by atoms with Crippen LogP contribution in [0.3, 0.4) is 0 Å². The third-order valence-corrected chi connectivity index (χ3v) is 4.00. The van der Waals surface area contributed by atoms with E-state index in [0.717, 1.165) is 22.3 Å². The Morgan fingerprint density at radius 1 is 0.857 bits per heavy atom. The molecule has 0 saturated carbocycles. The fourth-order valence-electron chi connectivity index (χ4n) is 2.60. The van der Waals surface area contributed by atoms with Crippen molar-refractivity contribution < 1.29 is 4.79 Å². The molecule has 0 aliphatic heterocycles. The van der Waals surface area contributed by atoms with E-state index in [1.807, 2.05) is 37.3 Å². The maximum Gasteiger partial charge on any atom is 0.193 e. The zero-order valence-corrected chi connectivity index (χ0v) is 13.6. The van der Waals surface area contributed by atoms with Gasteiger partial charge in [0.15, 0.2) is 5.78 Å². The molecule has 0 unspecified atom stereocenters. The molecule has 21 heavy (non-hydrogen) atoms. The number of rotatable bonds is 4. The van der Waals surface area contributed by atoms with Crippen molar-refractivity contribution in [3.05, 3.63) is 70.3 Å². The fourth-order valence-corrected chi connectivity index (χ4v) is 2.60. The van der Waals surface area contributed by atoms with Crippen molar-refractivity contribution in [1.29, 1.82) is 0 Å². The second-order valence-electron chi connectivity index (χ2n) is 6.30. The monoisotopic (exact) mass is 280 g/mol. The van der Waals surface area contributed by atoms with E-state index in [2.05, 4.69) is 39.8 Å². The highest BCUT2D eigenvalue weighted by Gasteiger charge is 2.18. The minimum atomic E-state index is 0.132. The number of carbonyl (C=O) groups excluding carboxylic acids is 1. The summed E-state index contributed by atoms with van der Waals surface area (Å²) in [6.07, 6.45) is 0. The number of carbonyl (C=O) groups is 1. The first-order valence-corrected chi connectivity index (χ1v) is 7.66. The molecule has 0 spiro atoms. The molecular formula is C20H24O. The summed E-state index contributed by atoms with van der Waals surface area (Å²) in [5.41, 5.74) is 5.11. The van der Waals surface area contributed by atoms with Crippen LogP contribution in [-0.4, -0.2) is 5.78 Å². The summed E-state index contributed by atoms with van der Waals surface area (Å²) < 4.78 is 0. The second kappa shape index (κ2) is 6.26. The molecule has 2 aromatic carbocycles. The van der Waals surface area contributed by atoms with Crippen LogP contribution in [0.1, 0.15) is 72.1 Å². The van der Waals surface area contributed by atoms with Gasteiger partial charge in [0.05, 0.1) is 0 Å². The van der Waals surface area contributed by atoms with Crippen LogP contribution in [0.4, 0.5) is 0 Å². The topological polar surface area (TPSA) is 17.1 Å². The van der Waals surface area contributed by atoms with Gasteiger partial charge in [-0.2, -0.15) is 0 Å². The van der Waals surface area contributed by atoms with Crippen LogP contribution in [0.15, 0.2) is 42.5 Å². The summed E-state index contributed by atoms with van der Waals surface area (Å²) >= 11 is 0. The molecule has 0 aliphatic carbocycles. The standard InChI is InChI=1S/C20H24O/c1-13(2)16-10-11-18(19(12-16)14(3)4)20(21)17-9-7-6-8-15(17)5/h6-14H,1-5H3. The van der Waals surface area contributed by atoms with Crippen molar-refractivity contribution in [2.75, 3.05) is 0 Å². The maximum atomic E-state index is 12.9. The molecule has 2 aromatic rings. The average Bonchev–Trinajstić information content (AvgIpc) is 2.46. The Bertz CT molecular complexity index is 651. The predicted octanol–water partition coefficient (Wildman–Crippen LogP) is 5.47. The molecule has 1 nitrogen and oxygen atoms in total. The minimum Gasteiger partial charge on any atom is -0.289 e. The van der Waals surface area contributed by atoms with Crippen molar-refractivity contribution in [1.82, 2.24) is 0 Å². The molecule has 0 fully saturated rings. The second-order valence-corrected chi connectivity index (χ2v) is 6.30. The summed E-state index contributed by atoms with van der Waals surface area (Å²) in [6.45, 7) is 10.7. The van der Waals surface area contributed by atoms with Crippen molar-refractivity contribution in [2.45, 2.75) is 46.5 Å². The molecule has 0 aliphatic rings. The summed E-state index contributed by atoms with van der Waals surface area (Å²) in [5, 5.41) is 0. The van der Waals surface area contributed by atoms with Crippen molar-refractivity contribution in [2.24, 2.45) is 0 Å². The van der Waals surface area contributed by atoms with Crippen LogP contribution in [0.25, 0.3) is 0 Å². The van der Waals surface area contributed by atoms with E-state index in [4.69, 9.17) is 0 Å².